The van der Waals surface area contributed by atoms with Crippen LogP contribution in [0.5, 0.6) is 0 Å². The van der Waals surface area contributed by atoms with Crippen LogP contribution in [0.3, 0.4) is 0 Å². The van der Waals surface area contributed by atoms with Crippen LogP contribution in [0.2, 0.25) is 0 Å². The molecule has 0 aliphatic rings. The molecule has 0 spiro atoms. The Bertz CT molecular complexity index is 63.6. The topological polar surface area (TPSA) is 26.3 Å². The van der Waals surface area contributed by atoms with E-state index in [1.54, 1.807) is 7.11 Å². The summed E-state index contributed by atoms with van der Waals surface area (Å²) in [6.45, 7) is 2.98. The molecular formula is C4H11O2PS2. The van der Waals surface area contributed by atoms with Gasteiger partial charge in [0, 0.05) is 13.7 Å². The lowest BCUT2D eigenvalue weighted by atomic mass is 10.5. The highest BCUT2D eigenvalue weighted by Crippen LogP contribution is 2.19. The van der Waals surface area contributed by atoms with E-state index in [1.807, 2.05) is 0 Å². The molecule has 0 radical (unpaired) electrons. The van der Waals surface area contributed by atoms with Crippen LogP contribution >= 0.6 is 18.5 Å². The van der Waals surface area contributed by atoms with Gasteiger partial charge in [0.2, 0.25) is 0 Å². The van der Waals surface area contributed by atoms with E-state index in [-0.39, 0.29) is 0 Å². The number of hydrogen-bond acceptors (Lipinski definition) is 3. The van der Waals surface area contributed by atoms with Crippen molar-refractivity contribution in [3.05, 3.63) is 0 Å². The molecule has 2 nitrogen and oxygen atoms in total. The van der Waals surface area contributed by atoms with Gasteiger partial charge < -0.3 is 17.0 Å². The second-order valence-corrected chi connectivity index (χ2v) is 4.60. The lowest BCUT2D eigenvalue weighted by molar-refractivity contribution is 0.199. The van der Waals surface area contributed by atoms with Crippen molar-refractivity contribution in [2.75, 3.05) is 13.7 Å². The van der Waals surface area contributed by atoms with Gasteiger partial charge in [0.25, 0.3) is 6.20 Å². The highest BCUT2D eigenvalue weighted by atomic mass is 33.0. The van der Waals surface area contributed by atoms with Gasteiger partial charge in [0.15, 0.2) is 0 Å². The van der Waals surface area contributed by atoms with E-state index in [4.69, 9.17) is 4.74 Å². The Morgan fingerprint density at radius 3 is 2.11 bits per heavy atom. The summed E-state index contributed by atoms with van der Waals surface area (Å²) in [5.41, 5.74) is 0. The van der Waals surface area contributed by atoms with Crippen LogP contribution in [-0.2, 0) is 21.6 Å². The molecule has 0 N–H and O–H groups in total. The van der Waals surface area contributed by atoms with Crippen LogP contribution in [0.25, 0.3) is 0 Å². The molecule has 0 aromatic rings. The van der Waals surface area contributed by atoms with Gasteiger partial charge in [-0.3, -0.25) is 0 Å². The number of hydrogen-bond donors (Lipinski definition) is 1. The quantitative estimate of drug-likeness (QED) is 0.406. The number of ether oxygens (including phenoxy) is 1. The highest BCUT2D eigenvalue weighted by Gasteiger charge is 1.67. The van der Waals surface area contributed by atoms with Gasteiger partial charge in [-0.1, -0.05) is 11.5 Å². The van der Waals surface area contributed by atoms with E-state index in [1.165, 1.54) is 0 Å². The molecule has 56 valence electrons. The molecule has 0 bridgehead atoms. The summed E-state index contributed by atoms with van der Waals surface area (Å²) in [7, 11) is 1.71. The second kappa shape index (κ2) is 11.5. The number of methoxy groups -OCH3 is 1. The van der Waals surface area contributed by atoms with E-state index in [2.05, 4.69) is 31.4 Å². The molecule has 0 saturated carbocycles. The fraction of sp³-hybridized carbons (Fsp3) is 1.00. The first kappa shape index (κ1) is 12.4. The molecule has 0 amide bonds. The number of rotatable bonds is 2. The Morgan fingerprint density at radius 1 is 1.78 bits per heavy atom. The SMILES string of the molecule is CCCOC.O=[P+]([S-])S. The Kier molecular flexibility index (Phi) is 16.0. The van der Waals surface area contributed by atoms with E-state index in [9.17, 15) is 4.57 Å². The summed E-state index contributed by atoms with van der Waals surface area (Å²) >= 11 is 7.28. The van der Waals surface area contributed by atoms with Crippen molar-refractivity contribution in [2.45, 2.75) is 13.3 Å². The molecule has 0 aliphatic heterocycles. The van der Waals surface area contributed by atoms with Crippen LogP contribution < -0.4 is 0 Å². The summed E-state index contributed by atoms with van der Waals surface area (Å²) in [4.78, 5) is 0. The minimum absolute atomic E-state index is 0.889. The molecular weight excluding hydrogens is 175 g/mol. The minimum Gasteiger partial charge on any atom is -0.432 e. The third-order valence-electron chi connectivity index (χ3n) is 0.408. The first-order valence-electron chi connectivity index (χ1n) is 2.47. The van der Waals surface area contributed by atoms with Gasteiger partial charge in [-0.2, -0.15) is 0 Å². The zero-order valence-corrected chi connectivity index (χ0v) is 8.14. The van der Waals surface area contributed by atoms with Crippen LogP contribution in [0.15, 0.2) is 0 Å². The molecule has 1 atom stereocenters. The molecule has 5 heteroatoms. The zero-order valence-electron chi connectivity index (χ0n) is 5.53. The maximum Gasteiger partial charge on any atom is 0.274 e. The Balaban J connectivity index is 0. The molecule has 0 aromatic carbocycles. The molecule has 0 aromatic heterocycles. The Labute approximate surface area is 67.5 Å². The van der Waals surface area contributed by atoms with Crippen molar-refractivity contribution in [3.63, 3.8) is 0 Å². The summed E-state index contributed by atoms with van der Waals surface area (Å²) in [6, 6.07) is 0. The standard InChI is InChI=1S/C4H10O.HOPS2/c1-3-4-5-2;1-2(3)4/h3-4H2,1-2H3;(H,1,3,4). The molecule has 0 aliphatic carbocycles. The molecule has 0 fully saturated rings. The average Bonchev–Trinajstić information content (AvgIpc) is 1.66. The van der Waals surface area contributed by atoms with Crippen LogP contribution in [-0.4, -0.2) is 13.7 Å². The van der Waals surface area contributed by atoms with Crippen LogP contribution in [0, 0.1) is 0 Å². The van der Waals surface area contributed by atoms with Gasteiger partial charge >= 0.3 is 0 Å². The van der Waals surface area contributed by atoms with Crippen molar-refractivity contribution < 1.29 is 9.30 Å². The van der Waals surface area contributed by atoms with Gasteiger partial charge in [-0.15, -0.1) is 0 Å². The molecule has 0 heterocycles. The summed E-state index contributed by atoms with van der Waals surface area (Å²) in [6.07, 6.45) is -0.471. The van der Waals surface area contributed by atoms with Crippen molar-refractivity contribution in [2.24, 2.45) is 0 Å². The monoisotopic (exact) mass is 186 g/mol. The summed E-state index contributed by atoms with van der Waals surface area (Å²) in [5, 5.41) is 0. The normalized spacial score (nSPS) is 9.56. The van der Waals surface area contributed by atoms with Crippen molar-refractivity contribution in [3.8, 4) is 0 Å². The highest BCUT2D eigenvalue weighted by molar-refractivity contribution is 8.67. The average molecular weight is 186 g/mol. The molecule has 9 heavy (non-hydrogen) atoms. The fourth-order valence-corrected chi connectivity index (χ4v) is 0.204. The first-order valence-corrected chi connectivity index (χ1v) is 5.89. The smallest absolute Gasteiger partial charge is 0.274 e. The summed E-state index contributed by atoms with van der Waals surface area (Å²) < 4.78 is 14.0. The first-order chi connectivity index (χ1) is 4.15. The van der Waals surface area contributed by atoms with E-state index >= 15 is 0 Å². The molecule has 0 saturated heterocycles. The third-order valence-corrected chi connectivity index (χ3v) is 0.408. The number of thiol groups is 1. The Hall–Kier alpha value is 0.760. The molecule has 1 unspecified atom stereocenters. The van der Waals surface area contributed by atoms with Crippen molar-refractivity contribution in [1.29, 1.82) is 0 Å². The van der Waals surface area contributed by atoms with Gasteiger partial charge in [-0.05, 0) is 6.42 Å². The maximum absolute atomic E-state index is 9.27. The van der Waals surface area contributed by atoms with Crippen molar-refractivity contribution >= 4 is 30.7 Å². The summed E-state index contributed by atoms with van der Waals surface area (Å²) in [5.74, 6) is 0. The second-order valence-electron chi connectivity index (χ2n) is 1.23. The lowest BCUT2D eigenvalue weighted by Gasteiger charge is -1.84. The van der Waals surface area contributed by atoms with Gasteiger partial charge in [-0.25, -0.2) is 0 Å². The van der Waals surface area contributed by atoms with Gasteiger partial charge in [0.1, 0.15) is 0 Å². The van der Waals surface area contributed by atoms with Gasteiger partial charge in [0.05, 0.1) is 12.2 Å². The Morgan fingerprint density at radius 2 is 2.11 bits per heavy atom. The minimum atomic E-state index is -1.59. The van der Waals surface area contributed by atoms with E-state index in [0.717, 1.165) is 13.0 Å². The maximum atomic E-state index is 9.27. The predicted octanol–water partition coefficient (Wildman–Crippen LogP) is 2.16. The third kappa shape index (κ3) is 52.6. The fourth-order valence-electron chi connectivity index (χ4n) is 0.204. The zero-order chi connectivity index (χ0) is 7.70. The van der Waals surface area contributed by atoms with E-state index in [0.29, 0.717) is 0 Å². The lowest BCUT2D eigenvalue weighted by Crippen LogP contribution is -1.80. The largest absolute Gasteiger partial charge is 0.432 e. The van der Waals surface area contributed by atoms with Crippen LogP contribution in [0.4, 0.5) is 0 Å². The molecule has 0 rings (SSSR count). The van der Waals surface area contributed by atoms with Crippen LogP contribution in [0.1, 0.15) is 13.3 Å². The predicted molar refractivity (Wildman–Crippen MR) is 46.1 cm³/mol. The van der Waals surface area contributed by atoms with Crippen molar-refractivity contribution in [1.82, 2.24) is 0 Å². The van der Waals surface area contributed by atoms with E-state index < -0.39 is 6.20 Å².